The maximum atomic E-state index is 13.8. The molecule has 2 amide bonds. The molecule has 1 aromatic carbocycles. The van der Waals surface area contributed by atoms with Crippen LogP contribution >= 0.6 is 0 Å². The fraction of sp³-hybridized carbons (Fsp3) is 0.727. The first kappa shape index (κ1) is 35.6. The summed E-state index contributed by atoms with van der Waals surface area (Å²) in [5, 5.41) is 5.80. The zero-order chi connectivity index (χ0) is 29.9. The van der Waals surface area contributed by atoms with Gasteiger partial charge in [-0.2, -0.15) is 0 Å². The summed E-state index contributed by atoms with van der Waals surface area (Å²) >= 11 is 0. The number of nitrogens with one attached hydrogen (secondary N) is 2. The molecule has 7 nitrogen and oxygen atoms in total. The molecule has 0 aromatic heterocycles. The number of rotatable bonds is 22. The SMILES string of the molecule is CCCCCCCCCCCCC(NC(=O)CC(=O)C(C)(C)C)(OCCCCC)C(=O)Nc1ccc(OC)cc1. The number of Topliss-reactive ketones (excluding diaryl/α,β-unsaturated/α-hetero) is 1. The van der Waals surface area contributed by atoms with E-state index in [1.165, 1.54) is 44.9 Å². The quantitative estimate of drug-likeness (QED) is 0.0852. The second kappa shape index (κ2) is 19.6. The standard InChI is InChI=1S/C33H56N2O5/c1-7-9-11-12-13-14-15-16-17-18-24-33(40-25-19-10-8-2,35-30(37)26-29(36)32(3,4)5)31(38)34-27-20-22-28(39-6)23-21-27/h20-23H,7-19,24-26H2,1-6H3,(H,34,38)(H,35,37). The number of ketones is 1. The van der Waals surface area contributed by atoms with Gasteiger partial charge in [-0.25, -0.2) is 0 Å². The van der Waals surface area contributed by atoms with Crippen LogP contribution in [-0.4, -0.2) is 37.0 Å². The highest BCUT2D eigenvalue weighted by molar-refractivity contribution is 6.04. The van der Waals surface area contributed by atoms with Gasteiger partial charge in [-0.05, 0) is 37.1 Å². The van der Waals surface area contributed by atoms with Gasteiger partial charge in [0.1, 0.15) is 11.5 Å². The number of methoxy groups -OCH3 is 1. The third kappa shape index (κ3) is 14.3. The van der Waals surface area contributed by atoms with Gasteiger partial charge in [-0.1, -0.05) is 105 Å². The van der Waals surface area contributed by atoms with Crippen LogP contribution < -0.4 is 15.4 Å². The van der Waals surface area contributed by atoms with Crippen molar-refractivity contribution in [2.75, 3.05) is 19.0 Å². The Labute approximate surface area is 243 Å². The lowest BCUT2D eigenvalue weighted by Gasteiger charge is -2.34. The van der Waals surface area contributed by atoms with Crippen LogP contribution in [0.1, 0.15) is 131 Å². The molecule has 0 saturated heterocycles. The van der Waals surface area contributed by atoms with Crippen molar-refractivity contribution in [3.8, 4) is 5.75 Å². The lowest BCUT2D eigenvalue weighted by molar-refractivity contribution is -0.156. The summed E-state index contributed by atoms with van der Waals surface area (Å²) < 4.78 is 11.5. The number of benzene rings is 1. The minimum Gasteiger partial charge on any atom is -0.497 e. The van der Waals surface area contributed by atoms with Crippen LogP contribution in [0.5, 0.6) is 5.75 Å². The predicted molar refractivity (Wildman–Crippen MR) is 164 cm³/mol. The van der Waals surface area contributed by atoms with Gasteiger partial charge in [-0.3, -0.25) is 14.4 Å². The van der Waals surface area contributed by atoms with Crippen LogP contribution in [-0.2, 0) is 19.1 Å². The molecule has 1 rings (SSSR count). The van der Waals surface area contributed by atoms with E-state index in [1.807, 2.05) is 0 Å². The number of hydrogen-bond acceptors (Lipinski definition) is 5. The monoisotopic (exact) mass is 560 g/mol. The molecular weight excluding hydrogens is 504 g/mol. The first-order valence-corrected chi connectivity index (χ1v) is 15.5. The third-order valence-electron chi connectivity index (χ3n) is 7.19. The number of anilines is 1. The molecule has 0 heterocycles. The molecule has 1 atom stereocenters. The molecule has 40 heavy (non-hydrogen) atoms. The summed E-state index contributed by atoms with van der Waals surface area (Å²) in [7, 11) is 1.59. The van der Waals surface area contributed by atoms with E-state index in [1.54, 1.807) is 52.1 Å². The van der Waals surface area contributed by atoms with E-state index in [-0.39, 0.29) is 12.2 Å². The van der Waals surface area contributed by atoms with Crippen molar-refractivity contribution in [3.05, 3.63) is 24.3 Å². The van der Waals surface area contributed by atoms with E-state index >= 15 is 0 Å². The van der Waals surface area contributed by atoms with E-state index in [0.29, 0.717) is 24.5 Å². The normalized spacial score (nSPS) is 12.9. The molecule has 0 saturated carbocycles. The Morgan fingerprint density at radius 1 is 0.750 bits per heavy atom. The first-order chi connectivity index (χ1) is 19.1. The second-order valence-electron chi connectivity index (χ2n) is 11.9. The molecule has 228 valence electrons. The lowest BCUT2D eigenvalue weighted by atomic mass is 9.88. The van der Waals surface area contributed by atoms with Gasteiger partial charge in [-0.15, -0.1) is 0 Å². The van der Waals surface area contributed by atoms with Crippen LogP contribution in [0.3, 0.4) is 0 Å². The van der Waals surface area contributed by atoms with Gasteiger partial charge in [0.25, 0.3) is 5.91 Å². The van der Waals surface area contributed by atoms with Crippen LogP contribution in [0.25, 0.3) is 0 Å². The van der Waals surface area contributed by atoms with E-state index in [0.717, 1.165) is 38.5 Å². The summed E-state index contributed by atoms with van der Waals surface area (Å²) in [6.07, 6.45) is 14.4. The number of hydrogen-bond donors (Lipinski definition) is 2. The number of carbonyl (C=O) groups excluding carboxylic acids is 3. The molecule has 1 unspecified atom stereocenters. The summed E-state index contributed by atoms with van der Waals surface area (Å²) in [5.41, 5.74) is -1.62. The molecule has 0 radical (unpaired) electrons. The van der Waals surface area contributed by atoms with Crippen molar-refractivity contribution in [3.63, 3.8) is 0 Å². The van der Waals surface area contributed by atoms with Crippen molar-refractivity contribution in [1.29, 1.82) is 0 Å². The average Bonchev–Trinajstić information content (AvgIpc) is 2.91. The van der Waals surface area contributed by atoms with Crippen molar-refractivity contribution in [1.82, 2.24) is 5.32 Å². The fourth-order valence-electron chi connectivity index (χ4n) is 4.45. The average molecular weight is 561 g/mol. The van der Waals surface area contributed by atoms with Gasteiger partial charge in [0, 0.05) is 17.5 Å². The number of carbonyl (C=O) groups is 3. The molecule has 0 aliphatic carbocycles. The van der Waals surface area contributed by atoms with E-state index < -0.39 is 23.0 Å². The maximum Gasteiger partial charge on any atom is 0.277 e. The summed E-state index contributed by atoms with van der Waals surface area (Å²) in [4.78, 5) is 39.5. The van der Waals surface area contributed by atoms with Gasteiger partial charge >= 0.3 is 0 Å². The summed E-state index contributed by atoms with van der Waals surface area (Å²) in [6, 6.07) is 7.04. The van der Waals surface area contributed by atoms with Crippen LogP contribution in [0.2, 0.25) is 0 Å². The molecule has 0 fully saturated rings. The number of unbranched alkanes of at least 4 members (excludes halogenated alkanes) is 11. The highest BCUT2D eigenvalue weighted by Crippen LogP contribution is 2.24. The van der Waals surface area contributed by atoms with Crippen molar-refractivity contribution >= 4 is 23.3 Å². The smallest absolute Gasteiger partial charge is 0.277 e. The summed E-state index contributed by atoms with van der Waals surface area (Å²) in [6.45, 7) is 10.0. The summed E-state index contributed by atoms with van der Waals surface area (Å²) in [5.74, 6) is -0.423. The van der Waals surface area contributed by atoms with Gasteiger partial charge in [0.2, 0.25) is 11.6 Å². The van der Waals surface area contributed by atoms with Gasteiger partial charge in [0.15, 0.2) is 0 Å². The first-order valence-electron chi connectivity index (χ1n) is 15.5. The van der Waals surface area contributed by atoms with Gasteiger partial charge in [0.05, 0.1) is 20.1 Å². The fourth-order valence-corrected chi connectivity index (χ4v) is 4.45. The zero-order valence-corrected chi connectivity index (χ0v) is 26.2. The largest absolute Gasteiger partial charge is 0.497 e. The Hall–Kier alpha value is -2.41. The third-order valence-corrected chi connectivity index (χ3v) is 7.19. The Bertz CT molecular complexity index is 863. The van der Waals surface area contributed by atoms with Crippen LogP contribution in [0.15, 0.2) is 24.3 Å². The van der Waals surface area contributed by atoms with Crippen molar-refractivity contribution in [2.45, 2.75) is 137 Å². The van der Waals surface area contributed by atoms with Crippen molar-refractivity contribution in [2.24, 2.45) is 5.41 Å². The molecule has 0 bridgehead atoms. The number of ether oxygens (including phenoxy) is 2. The molecule has 2 N–H and O–H groups in total. The predicted octanol–water partition coefficient (Wildman–Crippen LogP) is 7.97. The van der Waals surface area contributed by atoms with E-state index in [4.69, 9.17) is 9.47 Å². The van der Waals surface area contributed by atoms with Gasteiger partial charge < -0.3 is 20.1 Å². The van der Waals surface area contributed by atoms with Crippen LogP contribution in [0.4, 0.5) is 5.69 Å². The second-order valence-corrected chi connectivity index (χ2v) is 11.9. The number of amides is 2. The van der Waals surface area contributed by atoms with Crippen molar-refractivity contribution < 1.29 is 23.9 Å². The Morgan fingerprint density at radius 3 is 1.80 bits per heavy atom. The Balaban J connectivity index is 2.99. The topological polar surface area (TPSA) is 93.7 Å². The molecule has 7 heteroatoms. The van der Waals surface area contributed by atoms with Crippen LogP contribution in [0, 0.1) is 5.41 Å². The molecule has 0 aliphatic rings. The maximum absolute atomic E-state index is 13.8. The van der Waals surface area contributed by atoms with E-state index in [2.05, 4.69) is 24.5 Å². The lowest BCUT2D eigenvalue weighted by Crippen LogP contribution is -2.59. The Morgan fingerprint density at radius 2 is 1.27 bits per heavy atom. The van der Waals surface area contributed by atoms with E-state index in [9.17, 15) is 14.4 Å². The molecule has 1 aromatic rings. The Kier molecular flexibility index (Phi) is 17.5. The highest BCUT2D eigenvalue weighted by atomic mass is 16.5. The zero-order valence-electron chi connectivity index (χ0n) is 26.2. The highest BCUT2D eigenvalue weighted by Gasteiger charge is 2.41. The molecule has 0 aliphatic heterocycles. The molecule has 0 spiro atoms. The molecular formula is C33H56N2O5. The minimum atomic E-state index is -1.55. The minimum absolute atomic E-state index is 0.181.